The van der Waals surface area contributed by atoms with Crippen molar-refractivity contribution in [3.8, 4) is 0 Å². The fourth-order valence-corrected chi connectivity index (χ4v) is 3.76. The second kappa shape index (κ2) is 7.61. The van der Waals surface area contributed by atoms with Gasteiger partial charge < -0.3 is 10.2 Å². The average molecular weight is 393 g/mol. The van der Waals surface area contributed by atoms with Crippen molar-refractivity contribution in [3.05, 3.63) is 45.3 Å². The number of hydrogen-bond donors (Lipinski definition) is 1. The highest BCUT2D eigenvalue weighted by Gasteiger charge is 2.31. The van der Waals surface area contributed by atoms with E-state index in [9.17, 15) is 14.9 Å². The van der Waals surface area contributed by atoms with Gasteiger partial charge in [-0.25, -0.2) is 4.68 Å². The predicted octanol–water partition coefficient (Wildman–Crippen LogP) is 2.04. The Bertz CT molecular complexity index is 878. The van der Waals surface area contributed by atoms with Gasteiger partial charge in [-0.3, -0.25) is 14.9 Å². The standard InChI is InChI=1S/C17H20N6O3.ClH/c1-11-16(19-20-22(11)13-4-7-18-8-5-13)17(24)21-9-6-12-2-3-14(23(25)26)10-15(12)21;/h2-3,10,13,18H,4-9H2,1H3;1H. The second-order valence-electron chi connectivity index (χ2n) is 6.73. The van der Waals surface area contributed by atoms with Crippen LogP contribution < -0.4 is 10.2 Å². The molecule has 10 heteroatoms. The lowest BCUT2D eigenvalue weighted by Gasteiger charge is -2.23. The van der Waals surface area contributed by atoms with Crippen LogP contribution >= 0.6 is 12.4 Å². The molecule has 0 spiro atoms. The van der Waals surface area contributed by atoms with Gasteiger partial charge >= 0.3 is 0 Å². The van der Waals surface area contributed by atoms with E-state index in [4.69, 9.17) is 0 Å². The monoisotopic (exact) mass is 392 g/mol. The first kappa shape index (κ1) is 19.2. The fourth-order valence-electron chi connectivity index (χ4n) is 3.76. The number of nitrogens with zero attached hydrogens (tertiary/aromatic N) is 5. The molecule has 1 saturated heterocycles. The Morgan fingerprint density at radius 3 is 2.78 bits per heavy atom. The SMILES string of the molecule is Cc1c(C(=O)N2CCc3ccc([N+](=O)[O-])cc32)nnn1C1CCNCC1.Cl. The van der Waals surface area contributed by atoms with E-state index in [0.717, 1.165) is 37.2 Å². The number of amides is 1. The van der Waals surface area contributed by atoms with Crippen molar-refractivity contribution in [1.29, 1.82) is 0 Å². The minimum atomic E-state index is -0.445. The van der Waals surface area contributed by atoms with Gasteiger partial charge in [-0.1, -0.05) is 11.3 Å². The van der Waals surface area contributed by atoms with Gasteiger partial charge in [-0.2, -0.15) is 0 Å². The number of piperidine rings is 1. The molecule has 1 aromatic heterocycles. The summed E-state index contributed by atoms with van der Waals surface area (Å²) in [6, 6.07) is 4.91. The first-order valence-corrected chi connectivity index (χ1v) is 8.78. The highest BCUT2D eigenvalue weighted by atomic mass is 35.5. The summed E-state index contributed by atoms with van der Waals surface area (Å²) in [5.74, 6) is -0.248. The van der Waals surface area contributed by atoms with Crippen LogP contribution in [-0.4, -0.2) is 45.5 Å². The second-order valence-corrected chi connectivity index (χ2v) is 6.73. The van der Waals surface area contributed by atoms with E-state index < -0.39 is 4.92 Å². The number of nitro benzene ring substituents is 1. The van der Waals surface area contributed by atoms with Gasteiger partial charge in [0.25, 0.3) is 11.6 Å². The molecule has 1 aromatic carbocycles. The fraction of sp³-hybridized carbons (Fsp3) is 0.471. The number of carbonyl (C=O) groups is 1. The summed E-state index contributed by atoms with van der Waals surface area (Å²) in [6.45, 7) is 4.21. The van der Waals surface area contributed by atoms with Crippen molar-refractivity contribution >= 4 is 29.7 Å². The number of benzene rings is 1. The minimum absolute atomic E-state index is 0. The normalized spacial score (nSPS) is 16.7. The molecule has 0 aliphatic carbocycles. The van der Waals surface area contributed by atoms with Crippen LogP contribution in [0.5, 0.6) is 0 Å². The lowest BCUT2D eigenvalue weighted by Crippen LogP contribution is -2.31. The van der Waals surface area contributed by atoms with E-state index in [0.29, 0.717) is 24.3 Å². The van der Waals surface area contributed by atoms with Crippen molar-refractivity contribution in [2.75, 3.05) is 24.5 Å². The van der Waals surface area contributed by atoms with Crippen LogP contribution in [-0.2, 0) is 6.42 Å². The maximum atomic E-state index is 13.0. The third-order valence-electron chi connectivity index (χ3n) is 5.20. The minimum Gasteiger partial charge on any atom is -0.317 e. The predicted molar refractivity (Wildman–Crippen MR) is 102 cm³/mol. The summed E-state index contributed by atoms with van der Waals surface area (Å²) < 4.78 is 1.85. The maximum absolute atomic E-state index is 13.0. The van der Waals surface area contributed by atoms with Crippen LogP contribution in [0.15, 0.2) is 18.2 Å². The molecule has 9 nitrogen and oxygen atoms in total. The number of non-ortho nitro benzene ring substituents is 1. The number of halogens is 1. The molecule has 0 bridgehead atoms. The Balaban J connectivity index is 0.00000210. The maximum Gasteiger partial charge on any atom is 0.280 e. The summed E-state index contributed by atoms with van der Waals surface area (Å²) in [7, 11) is 0. The summed E-state index contributed by atoms with van der Waals surface area (Å²) in [5, 5.41) is 22.7. The van der Waals surface area contributed by atoms with Crippen LogP contribution in [0.4, 0.5) is 11.4 Å². The van der Waals surface area contributed by atoms with E-state index in [1.54, 1.807) is 11.0 Å². The Morgan fingerprint density at radius 2 is 2.07 bits per heavy atom. The zero-order chi connectivity index (χ0) is 18.3. The Morgan fingerprint density at radius 1 is 1.33 bits per heavy atom. The molecule has 3 heterocycles. The third-order valence-corrected chi connectivity index (χ3v) is 5.20. The molecule has 4 rings (SSSR count). The Kier molecular flexibility index (Phi) is 5.43. The zero-order valence-corrected chi connectivity index (χ0v) is 15.7. The topological polar surface area (TPSA) is 106 Å². The Labute approximate surface area is 162 Å². The first-order valence-electron chi connectivity index (χ1n) is 8.78. The molecule has 0 radical (unpaired) electrons. The number of nitro groups is 1. The van der Waals surface area contributed by atoms with Gasteiger partial charge in [0, 0.05) is 18.7 Å². The summed E-state index contributed by atoms with van der Waals surface area (Å²) in [6.07, 6.45) is 2.59. The van der Waals surface area contributed by atoms with E-state index in [2.05, 4.69) is 15.6 Å². The number of hydrogen-bond acceptors (Lipinski definition) is 6. The molecule has 2 aliphatic rings. The lowest BCUT2D eigenvalue weighted by molar-refractivity contribution is -0.384. The van der Waals surface area contributed by atoms with Crippen LogP contribution in [0.25, 0.3) is 0 Å². The number of nitrogens with one attached hydrogen (secondary N) is 1. The van der Waals surface area contributed by atoms with Crippen LogP contribution in [0, 0.1) is 17.0 Å². The van der Waals surface area contributed by atoms with Gasteiger partial charge in [-0.05, 0) is 44.8 Å². The summed E-state index contributed by atoms with van der Waals surface area (Å²) in [5.41, 5.74) is 2.59. The van der Waals surface area contributed by atoms with Crippen LogP contribution in [0.3, 0.4) is 0 Å². The summed E-state index contributed by atoms with van der Waals surface area (Å²) in [4.78, 5) is 25.2. The highest BCUT2D eigenvalue weighted by Crippen LogP contribution is 2.33. The van der Waals surface area contributed by atoms with Crippen LogP contribution in [0.2, 0.25) is 0 Å². The van der Waals surface area contributed by atoms with Crippen molar-refractivity contribution in [1.82, 2.24) is 20.3 Å². The molecule has 2 aromatic rings. The van der Waals surface area contributed by atoms with Crippen molar-refractivity contribution in [3.63, 3.8) is 0 Å². The third kappa shape index (κ3) is 3.40. The lowest BCUT2D eigenvalue weighted by atomic mass is 10.1. The molecule has 1 fully saturated rings. The molecule has 0 atom stereocenters. The van der Waals surface area contributed by atoms with Crippen LogP contribution in [0.1, 0.15) is 40.6 Å². The van der Waals surface area contributed by atoms with Gasteiger partial charge in [-0.15, -0.1) is 17.5 Å². The van der Waals surface area contributed by atoms with Crippen molar-refractivity contribution in [2.24, 2.45) is 0 Å². The molecule has 0 unspecified atom stereocenters. The number of carbonyl (C=O) groups excluding carboxylic acids is 1. The van der Waals surface area contributed by atoms with Gasteiger partial charge in [0.05, 0.1) is 22.3 Å². The highest BCUT2D eigenvalue weighted by molar-refractivity contribution is 6.06. The van der Waals surface area contributed by atoms with E-state index in [1.807, 2.05) is 11.6 Å². The quantitative estimate of drug-likeness (QED) is 0.632. The Hall–Kier alpha value is -2.52. The molecular formula is C17H21ClN6O3. The van der Waals surface area contributed by atoms with Gasteiger partial charge in [0.1, 0.15) is 0 Å². The first-order chi connectivity index (χ1) is 12.6. The molecule has 0 saturated carbocycles. The molecular weight excluding hydrogens is 372 g/mol. The largest absolute Gasteiger partial charge is 0.317 e. The number of rotatable bonds is 3. The van der Waals surface area contributed by atoms with Crippen molar-refractivity contribution in [2.45, 2.75) is 32.2 Å². The molecule has 1 amide bonds. The van der Waals surface area contributed by atoms with Crippen molar-refractivity contribution < 1.29 is 9.72 Å². The molecule has 2 aliphatic heterocycles. The zero-order valence-electron chi connectivity index (χ0n) is 14.9. The van der Waals surface area contributed by atoms with Gasteiger partial charge in [0.2, 0.25) is 0 Å². The van der Waals surface area contributed by atoms with E-state index in [1.165, 1.54) is 12.1 Å². The number of aromatic nitrogens is 3. The molecule has 1 N–H and O–H groups in total. The van der Waals surface area contributed by atoms with Gasteiger partial charge in [0.15, 0.2) is 5.69 Å². The van der Waals surface area contributed by atoms with E-state index >= 15 is 0 Å². The number of anilines is 1. The van der Waals surface area contributed by atoms with E-state index in [-0.39, 0.29) is 30.0 Å². The number of fused-ring (bicyclic) bond motifs is 1. The molecule has 27 heavy (non-hydrogen) atoms. The smallest absolute Gasteiger partial charge is 0.280 e. The summed E-state index contributed by atoms with van der Waals surface area (Å²) >= 11 is 0. The molecule has 144 valence electrons. The average Bonchev–Trinajstić information content (AvgIpc) is 3.25.